The van der Waals surface area contributed by atoms with Gasteiger partial charge in [0.2, 0.25) is 0 Å². The predicted molar refractivity (Wildman–Crippen MR) is 135 cm³/mol. The van der Waals surface area contributed by atoms with Gasteiger partial charge in [-0.3, -0.25) is 4.79 Å². The zero-order valence-electron chi connectivity index (χ0n) is 19.5. The molecular formula is C29H25N3O3. The standard InChI is InChI=1S/C29H25N3O3/c1-2-34-27(33)16-22-4-3-5-23(17-30)28(22)35-26-11-10-18-6-8-20(14-24(18)26)21-9-7-19-12-13-32-29(31)25(19)15-21/h3-9,12-15,26H,2,10-11,16H2,1H3,(H2,31,32)/t26-/m1/s1. The number of aromatic nitrogens is 1. The topological polar surface area (TPSA) is 98.2 Å². The summed E-state index contributed by atoms with van der Waals surface area (Å²) in [6.07, 6.45) is 3.24. The third-order valence-electron chi connectivity index (χ3n) is 6.42. The van der Waals surface area contributed by atoms with Crippen molar-refractivity contribution in [1.82, 2.24) is 4.98 Å². The maximum Gasteiger partial charge on any atom is 0.310 e. The van der Waals surface area contributed by atoms with Gasteiger partial charge in [-0.1, -0.05) is 36.4 Å². The average molecular weight is 464 g/mol. The van der Waals surface area contributed by atoms with Gasteiger partial charge in [-0.15, -0.1) is 0 Å². The van der Waals surface area contributed by atoms with Crippen molar-refractivity contribution in [2.45, 2.75) is 32.3 Å². The molecule has 5 rings (SSSR count). The molecule has 1 aliphatic carbocycles. The van der Waals surface area contributed by atoms with Crippen LogP contribution < -0.4 is 10.5 Å². The minimum Gasteiger partial charge on any atom is -0.484 e. The molecule has 1 aliphatic rings. The number of benzene rings is 3. The average Bonchev–Trinajstić information content (AvgIpc) is 3.27. The fraction of sp³-hybridized carbons (Fsp3) is 0.207. The van der Waals surface area contributed by atoms with Crippen LogP contribution in [0.2, 0.25) is 0 Å². The van der Waals surface area contributed by atoms with E-state index in [-0.39, 0.29) is 18.5 Å². The number of esters is 1. The SMILES string of the molecule is CCOC(=O)Cc1cccc(C#N)c1O[C@@H]1CCc2ccc(-c3ccc4ccnc(N)c4c3)cc21. The normalized spacial score (nSPS) is 14.3. The number of nitrogen functional groups attached to an aromatic ring is 1. The fourth-order valence-electron chi connectivity index (χ4n) is 4.70. The van der Waals surface area contributed by atoms with Crippen LogP contribution in [0.3, 0.4) is 0 Å². The van der Waals surface area contributed by atoms with Crippen LogP contribution in [0.5, 0.6) is 5.75 Å². The molecule has 3 aromatic carbocycles. The van der Waals surface area contributed by atoms with Gasteiger partial charge in [0.25, 0.3) is 0 Å². The lowest BCUT2D eigenvalue weighted by Gasteiger charge is -2.19. The number of aryl methyl sites for hydroxylation is 1. The van der Waals surface area contributed by atoms with E-state index in [0.717, 1.165) is 40.3 Å². The number of hydrogen-bond donors (Lipinski definition) is 1. The van der Waals surface area contributed by atoms with E-state index >= 15 is 0 Å². The van der Waals surface area contributed by atoms with Crippen molar-refractivity contribution < 1.29 is 14.3 Å². The summed E-state index contributed by atoms with van der Waals surface area (Å²) < 4.78 is 11.6. The van der Waals surface area contributed by atoms with E-state index in [1.165, 1.54) is 5.56 Å². The molecule has 0 bridgehead atoms. The van der Waals surface area contributed by atoms with E-state index in [0.29, 0.717) is 29.3 Å². The Morgan fingerprint density at radius 3 is 2.80 bits per heavy atom. The number of ether oxygens (including phenoxy) is 2. The zero-order valence-corrected chi connectivity index (χ0v) is 19.5. The van der Waals surface area contributed by atoms with E-state index in [4.69, 9.17) is 15.2 Å². The van der Waals surface area contributed by atoms with Crippen molar-refractivity contribution in [2.24, 2.45) is 0 Å². The summed E-state index contributed by atoms with van der Waals surface area (Å²) in [6, 6.07) is 22.0. The third kappa shape index (κ3) is 4.41. The summed E-state index contributed by atoms with van der Waals surface area (Å²) in [4.78, 5) is 16.4. The van der Waals surface area contributed by atoms with Gasteiger partial charge in [0.1, 0.15) is 23.7 Å². The number of pyridine rings is 1. The molecule has 4 aromatic rings. The summed E-state index contributed by atoms with van der Waals surface area (Å²) in [5.41, 5.74) is 11.6. The van der Waals surface area contributed by atoms with Crippen molar-refractivity contribution in [3.8, 4) is 22.9 Å². The molecule has 0 fully saturated rings. The molecule has 0 saturated carbocycles. The summed E-state index contributed by atoms with van der Waals surface area (Å²) in [7, 11) is 0. The van der Waals surface area contributed by atoms with Crippen LogP contribution >= 0.6 is 0 Å². The Morgan fingerprint density at radius 1 is 1.14 bits per heavy atom. The minimum absolute atomic E-state index is 0.0604. The Kier molecular flexibility index (Phi) is 6.07. The quantitative estimate of drug-likeness (QED) is 0.378. The molecule has 0 aliphatic heterocycles. The Morgan fingerprint density at radius 2 is 1.97 bits per heavy atom. The molecular weight excluding hydrogens is 438 g/mol. The van der Waals surface area contributed by atoms with Gasteiger partial charge in [0.05, 0.1) is 18.6 Å². The van der Waals surface area contributed by atoms with E-state index in [2.05, 4.69) is 47.5 Å². The molecule has 0 radical (unpaired) electrons. The summed E-state index contributed by atoms with van der Waals surface area (Å²) >= 11 is 0. The molecule has 1 heterocycles. The highest BCUT2D eigenvalue weighted by Crippen LogP contribution is 2.40. The number of anilines is 1. The first kappa shape index (κ1) is 22.4. The molecule has 174 valence electrons. The first-order chi connectivity index (χ1) is 17.1. The van der Waals surface area contributed by atoms with Gasteiger partial charge in [0, 0.05) is 17.1 Å². The maximum absolute atomic E-state index is 12.1. The number of rotatable bonds is 6. The number of carbonyl (C=O) groups excluding carboxylic acids is 1. The Labute approximate surface area is 203 Å². The number of nitrogens with zero attached hydrogens (tertiary/aromatic N) is 2. The highest BCUT2D eigenvalue weighted by molar-refractivity contribution is 5.94. The van der Waals surface area contributed by atoms with E-state index in [1.54, 1.807) is 25.3 Å². The van der Waals surface area contributed by atoms with Crippen molar-refractivity contribution >= 4 is 22.6 Å². The van der Waals surface area contributed by atoms with E-state index < -0.39 is 0 Å². The lowest BCUT2D eigenvalue weighted by atomic mass is 9.98. The van der Waals surface area contributed by atoms with Gasteiger partial charge in [-0.25, -0.2) is 4.98 Å². The zero-order chi connectivity index (χ0) is 24.4. The van der Waals surface area contributed by atoms with Crippen LogP contribution in [0.25, 0.3) is 21.9 Å². The van der Waals surface area contributed by atoms with Gasteiger partial charge in [0.15, 0.2) is 0 Å². The van der Waals surface area contributed by atoms with Crippen LogP contribution in [0, 0.1) is 11.3 Å². The van der Waals surface area contributed by atoms with Crippen molar-refractivity contribution in [2.75, 3.05) is 12.3 Å². The lowest BCUT2D eigenvalue weighted by molar-refractivity contribution is -0.142. The van der Waals surface area contributed by atoms with Crippen LogP contribution in [-0.2, 0) is 22.4 Å². The molecule has 0 amide bonds. The molecule has 2 N–H and O–H groups in total. The number of carbonyl (C=O) groups is 1. The minimum atomic E-state index is -0.341. The van der Waals surface area contributed by atoms with Crippen molar-refractivity contribution in [3.63, 3.8) is 0 Å². The van der Waals surface area contributed by atoms with Crippen molar-refractivity contribution in [1.29, 1.82) is 5.26 Å². The monoisotopic (exact) mass is 463 g/mol. The number of nitrogens with two attached hydrogens (primary N) is 1. The van der Waals surface area contributed by atoms with Crippen LogP contribution in [0.15, 0.2) is 66.9 Å². The van der Waals surface area contributed by atoms with Gasteiger partial charge in [-0.05, 0) is 71.7 Å². The van der Waals surface area contributed by atoms with Crippen LogP contribution in [0.1, 0.15) is 41.7 Å². The summed E-state index contributed by atoms with van der Waals surface area (Å²) in [5.74, 6) is 0.622. The van der Waals surface area contributed by atoms with Gasteiger partial charge < -0.3 is 15.2 Å². The molecule has 35 heavy (non-hydrogen) atoms. The number of para-hydroxylation sites is 1. The van der Waals surface area contributed by atoms with Crippen LogP contribution in [-0.4, -0.2) is 17.6 Å². The Balaban J connectivity index is 1.49. The molecule has 1 atom stereocenters. The van der Waals surface area contributed by atoms with Gasteiger partial charge in [-0.2, -0.15) is 5.26 Å². The first-order valence-electron chi connectivity index (χ1n) is 11.7. The molecule has 6 heteroatoms. The second kappa shape index (κ2) is 9.47. The highest BCUT2D eigenvalue weighted by atomic mass is 16.5. The molecule has 6 nitrogen and oxygen atoms in total. The fourth-order valence-corrected chi connectivity index (χ4v) is 4.70. The van der Waals surface area contributed by atoms with E-state index in [9.17, 15) is 10.1 Å². The molecule has 0 unspecified atom stereocenters. The largest absolute Gasteiger partial charge is 0.484 e. The second-order valence-electron chi connectivity index (χ2n) is 8.58. The van der Waals surface area contributed by atoms with E-state index in [1.807, 2.05) is 12.1 Å². The number of nitriles is 1. The smallest absolute Gasteiger partial charge is 0.310 e. The predicted octanol–water partition coefficient (Wildman–Crippen LogP) is 5.53. The number of hydrogen-bond acceptors (Lipinski definition) is 6. The van der Waals surface area contributed by atoms with Crippen LogP contribution in [0.4, 0.5) is 5.82 Å². The number of fused-ring (bicyclic) bond motifs is 2. The second-order valence-corrected chi connectivity index (χ2v) is 8.58. The molecule has 0 spiro atoms. The summed E-state index contributed by atoms with van der Waals surface area (Å²) in [5, 5.41) is 11.7. The first-order valence-corrected chi connectivity index (χ1v) is 11.7. The Bertz CT molecular complexity index is 1470. The highest BCUT2D eigenvalue weighted by Gasteiger charge is 2.27. The molecule has 0 saturated heterocycles. The van der Waals surface area contributed by atoms with Crippen molar-refractivity contribution in [3.05, 3.63) is 89.1 Å². The molecule has 1 aromatic heterocycles. The summed E-state index contributed by atoms with van der Waals surface area (Å²) in [6.45, 7) is 2.08. The lowest BCUT2D eigenvalue weighted by Crippen LogP contribution is -2.11. The maximum atomic E-state index is 12.1. The third-order valence-corrected chi connectivity index (χ3v) is 6.42. The van der Waals surface area contributed by atoms with Gasteiger partial charge >= 0.3 is 5.97 Å². The Hall–Kier alpha value is -4.37.